The molecule has 1 unspecified atom stereocenters. The quantitative estimate of drug-likeness (QED) is 0.264. The highest BCUT2D eigenvalue weighted by molar-refractivity contribution is 7.71. The number of hydrogen-bond acceptors (Lipinski definition) is 7. The first-order valence-corrected chi connectivity index (χ1v) is 9.88. The van der Waals surface area contributed by atoms with Crippen molar-refractivity contribution in [3.05, 3.63) is 95.5 Å². The molecule has 3 heterocycles. The number of nitrogens with one attached hydrogen (secondary N) is 4. The van der Waals surface area contributed by atoms with Gasteiger partial charge in [0, 0.05) is 41.1 Å². The van der Waals surface area contributed by atoms with Gasteiger partial charge in [0.25, 0.3) is 11.2 Å². The summed E-state index contributed by atoms with van der Waals surface area (Å²) in [6.07, 6.45) is 0. The van der Waals surface area contributed by atoms with Gasteiger partial charge in [0.05, 0.1) is 21.6 Å². The van der Waals surface area contributed by atoms with Crippen LogP contribution < -0.4 is 16.2 Å². The molecule has 1 atom stereocenters. The van der Waals surface area contributed by atoms with E-state index in [9.17, 15) is 19.7 Å². The predicted octanol–water partition coefficient (Wildman–Crippen LogP) is 3.09. The Morgan fingerprint density at radius 2 is 1.84 bits per heavy atom. The maximum Gasteiger partial charge on any atom is 0.269 e. The number of ketones is 1. The number of nitro benzene ring substituents is 1. The van der Waals surface area contributed by atoms with E-state index in [0.29, 0.717) is 39.5 Å². The van der Waals surface area contributed by atoms with Crippen LogP contribution in [-0.2, 0) is 5.41 Å². The molecule has 0 amide bonds. The first kappa shape index (κ1) is 17.8. The molecule has 1 spiro atoms. The van der Waals surface area contributed by atoms with Crippen LogP contribution in [0.3, 0.4) is 0 Å². The first-order chi connectivity index (χ1) is 14.9. The molecule has 3 aromatic rings. The van der Waals surface area contributed by atoms with Gasteiger partial charge in [0.2, 0.25) is 0 Å². The molecule has 0 fully saturated rings. The molecule has 1 aromatic heterocycles. The highest BCUT2D eigenvalue weighted by Crippen LogP contribution is 2.55. The lowest BCUT2D eigenvalue weighted by Crippen LogP contribution is -2.44. The Hall–Kier alpha value is -4.05. The minimum Gasteiger partial charge on any atom is -0.383 e. The van der Waals surface area contributed by atoms with Crippen molar-refractivity contribution in [3.63, 3.8) is 0 Å². The number of nitrogens with zero attached hydrogens (tertiary/aromatic N) is 1. The Kier molecular flexibility index (Phi) is 3.30. The maximum atomic E-state index is 13.6. The molecule has 1 aliphatic carbocycles. The molecule has 2 aliphatic heterocycles. The number of benzene rings is 2. The second-order valence-electron chi connectivity index (χ2n) is 7.65. The van der Waals surface area contributed by atoms with Crippen LogP contribution in [0.15, 0.2) is 52.8 Å². The Morgan fingerprint density at radius 3 is 2.61 bits per heavy atom. The van der Waals surface area contributed by atoms with Gasteiger partial charge in [-0.25, -0.2) is 0 Å². The van der Waals surface area contributed by atoms with Crippen LogP contribution in [0, 0.1) is 14.9 Å². The smallest absolute Gasteiger partial charge is 0.269 e. The van der Waals surface area contributed by atoms with Crippen molar-refractivity contribution in [2.75, 3.05) is 17.2 Å². The fourth-order valence-electron chi connectivity index (χ4n) is 4.98. The third-order valence-electron chi connectivity index (χ3n) is 6.18. The first-order valence-electron chi connectivity index (χ1n) is 9.47. The molecule has 0 saturated heterocycles. The molecule has 4 N–H and O–H groups in total. The molecule has 2 aromatic carbocycles. The van der Waals surface area contributed by atoms with Crippen LogP contribution in [0.5, 0.6) is 0 Å². The van der Waals surface area contributed by atoms with Crippen molar-refractivity contribution in [3.8, 4) is 0 Å². The van der Waals surface area contributed by atoms with Gasteiger partial charge in [0.1, 0.15) is 5.82 Å². The van der Waals surface area contributed by atoms with E-state index in [1.54, 1.807) is 18.2 Å². The number of Topliss-reactive ketones (excluding diaryl/α,β-unsaturated/α-hetero) is 1. The van der Waals surface area contributed by atoms with Crippen LogP contribution in [0.25, 0.3) is 5.70 Å². The SMILES string of the molecule is O=C1C2=C(Nc3[nH]c(=S)[nH]c(=O)c3C23CNc2ccc([N+](=O)[O-])cc23)c2ccccc21. The number of aromatic nitrogens is 2. The Morgan fingerprint density at radius 1 is 1.06 bits per heavy atom. The highest BCUT2D eigenvalue weighted by Gasteiger charge is 2.55. The molecule has 3 aliphatic rings. The summed E-state index contributed by atoms with van der Waals surface area (Å²) in [5, 5.41) is 17.9. The monoisotopic (exact) mass is 431 g/mol. The van der Waals surface area contributed by atoms with E-state index in [1.807, 2.05) is 12.1 Å². The van der Waals surface area contributed by atoms with E-state index >= 15 is 0 Å². The van der Waals surface area contributed by atoms with E-state index in [1.165, 1.54) is 12.1 Å². The molecule has 10 heteroatoms. The number of H-pyrrole nitrogens is 2. The Labute approximate surface area is 179 Å². The van der Waals surface area contributed by atoms with E-state index < -0.39 is 15.9 Å². The average molecular weight is 431 g/mol. The van der Waals surface area contributed by atoms with Crippen LogP contribution in [-0.4, -0.2) is 27.2 Å². The van der Waals surface area contributed by atoms with Crippen LogP contribution in [0.4, 0.5) is 17.2 Å². The summed E-state index contributed by atoms with van der Waals surface area (Å²) >= 11 is 5.16. The van der Waals surface area contributed by atoms with Crippen LogP contribution in [0.1, 0.15) is 27.0 Å². The lowest BCUT2D eigenvalue weighted by molar-refractivity contribution is -0.384. The molecule has 0 radical (unpaired) electrons. The number of carbonyl (C=O) groups excluding carboxylic acids is 1. The minimum absolute atomic E-state index is 0.118. The predicted molar refractivity (Wildman–Crippen MR) is 116 cm³/mol. The molecule has 152 valence electrons. The fraction of sp³-hybridized carbons (Fsp3) is 0.0952. The lowest BCUT2D eigenvalue weighted by atomic mass is 9.68. The van der Waals surface area contributed by atoms with Crippen LogP contribution in [0.2, 0.25) is 0 Å². The summed E-state index contributed by atoms with van der Waals surface area (Å²) in [7, 11) is 0. The second kappa shape index (κ2) is 5.76. The Bertz CT molecular complexity index is 1520. The van der Waals surface area contributed by atoms with Gasteiger partial charge in [-0.3, -0.25) is 24.7 Å². The molecule has 0 bridgehead atoms. The number of anilines is 2. The van der Waals surface area contributed by atoms with Gasteiger partial charge >= 0.3 is 0 Å². The highest BCUT2D eigenvalue weighted by atomic mass is 32.1. The van der Waals surface area contributed by atoms with Crippen molar-refractivity contribution < 1.29 is 9.72 Å². The standard InChI is InChI=1S/C21H13N5O4S/c27-17-11-4-2-1-3-10(11)16-14(17)21(15-18(23-16)24-20(31)25-19(15)28)8-22-13-6-5-9(26(29)30)7-12(13)21/h1-7,22H,8H2,(H3,23,24,25,28,31). The van der Waals surface area contributed by atoms with Crippen LogP contribution >= 0.6 is 12.2 Å². The van der Waals surface area contributed by atoms with Crippen molar-refractivity contribution in [1.29, 1.82) is 0 Å². The fourth-order valence-corrected chi connectivity index (χ4v) is 5.17. The molecule has 9 nitrogen and oxygen atoms in total. The van der Waals surface area contributed by atoms with Gasteiger partial charge in [-0.2, -0.15) is 0 Å². The largest absolute Gasteiger partial charge is 0.383 e. The van der Waals surface area contributed by atoms with Gasteiger partial charge < -0.3 is 15.6 Å². The van der Waals surface area contributed by atoms with Gasteiger partial charge in [-0.15, -0.1) is 0 Å². The summed E-state index contributed by atoms with van der Waals surface area (Å²) in [6, 6.07) is 11.6. The zero-order valence-corrected chi connectivity index (χ0v) is 16.6. The van der Waals surface area contributed by atoms with Gasteiger partial charge in [-0.1, -0.05) is 24.3 Å². The van der Waals surface area contributed by atoms with E-state index in [4.69, 9.17) is 12.2 Å². The number of aromatic amines is 2. The zero-order valence-electron chi connectivity index (χ0n) is 15.7. The van der Waals surface area contributed by atoms with E-state index in [0.717, 1.165) is 0 Å². The molecular formula is C21H13N5O4S. The summed E-state index contributed by atoms with van der Waals surface area (Å²) in [5.41, 5.74) is 1.81. The normalized spacial score (nSPS) is 19.9. The van der Waals surface area contributed by atoms with Gasteiger partial charge in [0.15, 0.2) is 10.6 Å². The molecule has 0 saturated carbocycles. The van der Waals surface area contributed by atoms with Crippen molar-refractivity contribution in [2.24, 2.45) is 0 Å². The van der Waals surface area contributed by atoms with Crippen molar-refractivity contribution in [1.82, 2.24) is 9.97 Å². The third kappa shape index (κ3) is 2.11. The summed E-state index contributed by atoms with van der Waals surface area (Å²) < 4.78 is 0.137. The lowest BCUT2D eigenvalue weighted by Gasteiger charge is -2.36. The average Bonchev–Trinajstić information content (AvgIpc) is 3.24. The third-order valence-corrected chi connectivity index (χ3v) is 6.39. The molecular weight excluding hydrogens is 418 g/mol. The molecule has 6 rings (SSSR count). The number of carbonyl (C=O) groups is 1. The van der Waals surface area contributed by atoms with Gasteiger partial charge in [-0.05, 0) is 23.8 Å². The second-order valence-corrected chi connectivity index (χ2v) is 8.06. The van der Waals surface area contributed by atoms with Crippen molar-refractivity contribution >= 4 is 40.9 Å². The van der Waals surface area contributed by atoms with Crippen molar-refractivity contribution in [2.45, 2.75) is 5.41 Å². The number of hydrogen-bond donors (Lipinski definition) is 4. The maximum absolute atomic E-state index is 13.6. The summed E-state index contributed by atoms with van der Waals surface area (Å²) in [4.78, 5) is 43.4. The Balaban J connectivity index is 1.77. The minimum atomic E-state index is -1.22. The molecule has 31 heavy (non-hydrogen) atoms. The number of fused-ring (bicyclic) bond motifs is 7. The topological polar surface area (TPSA) is 133 Å². The number of rotatable bonds is 1. The zero-order chi connectivity index (χ0) is 21.5. The van der Waals surface area contributed by atoms with E-state index in [-0.39, 0.29) is 28.3 Å². The number of nitro groups is 1. The van der Waals surface area contributed by atoms with E-state index in [2.05, 4.69) is 20.6 Å². The summed E-state index contributed by atoms with van der Waals surface area (Å²) in [5.74, 6) is 0.157. The number of non-ortho nitro benzene ring substituents is 1. The summed E-state index contributed by atoms with van der Waals surface area (Å²) in [6.45, 7) is 0.199.